The van der Waals surface area contributed by atoms with E-state index in [1.54, 1.807) is 0 Å². The Balaban J connectivity index is 2.10. The number of carbonyl (C=O) groups excluding carboxylic acids is 1. The van der Waals surface area contributed by atoms with Crippen LogP contribution in [0, 0.1) is 6.92 Å². The molecule has 3 heteroatoms. The van der Waals surface area contributed by atoms with Crippen LogP contribution in [0.25, 0.3) is 11.1 Å². The van der Waals surface area contributed by atoms with Crippen molar-refractivity contribution in [3.05, 3.63) is 53.1 Å². The third kappa shape index (κ3) is 2.96. The van der Waals surface area contributed by atoms with Crippen LogP contribution in [0.2, 0.25) is 0 Å². The van der Waals surface area contributed by atoms with E-state index in [1.165, 1.54) is 12.7 Å². The van der Waals surface area contributed by atoms with E-state index >= 15 is 0 Å². The average Bonchev–Trinajstić information content (AvgIpc) is 2.59. The zero-order valence-corrected chi connectivity index (χ0v) is 13.9. The second kappa shape index (κ2) is 6.45. The van der Waals surface area contributed by atoms with Gasteiger partial charge in [-0.2, -0.15) is 0 Å². The summed E-state index contributed by atoms with van der Waals surface area (Å²) in [4.78, 5) is 12.0. The molecule has 0 spiro atoms. The number of esters is 1. The summed E-state index contributed by atoms with van der Waals surface area (Å²) in [6.07, 6.45) is 2.09. The highest BCUT2D eigenvalue weighted by Gasteiger charge is 2.21. The predicted octanol–water partition coefficient (Wildman–Crippen LogP) is 4.26. The molecular weight excluding hydrogens is 288 g/mol. The minimum absolute atomic E-state index is 0.210. The highest BCUT2D eigenvalue weighted by Crippen LogP contribution is 2.36. The van der Waals surface area contributed by atoms with E-state index in [9.17, 15) is 4.79 Å². The van der Waals surface area contributed by atoms with Crippen molar-refractivity contribution in [2.24, 2.45) is 0 Å². The molecule has 1 heterocycles. The van der Waals surface area contributed by atoms with Gasteiger partial charge in [-0.05, 0) is 66.6 Å². The largest absolute Gasteiger partial charge is 0.493 e. The first-order valence-electron chi connectivity index (χ1n) is 8.05. The molecule has 1 unspecified atom stereocenters. The molecule has 1 aliphatic rings. The molecule has 0 fully saturated rings. The molecule has 3 nitrogen and oxygen atoms in total. The number of hydrogen-bond donors (Lipinski definition) is 0. The first-order valence-corrected chi connectivity index (χ1v) is 8.05. The zero-order valence-electron chi connectivity index (χ0n) is 13.9. The molecule has 0 N–H and O–H groups in total. The van der Waals surface area contributed by atoms with Gasteiger partial charge in [0.15, 0.2) is 0 Å². The Labute approximate surface area is 137 Å². The molecule has 0 aliphatic carbocycles. The minimum atomic E-state index is -0.290. The molecule has 3 rings (SSSR count). The van der Waals surface area contributed by atoms with Crippen LogP contribution in [0.4, 0.5) is 0 Å². The summed E-state index contributed by atoms with van der Waals surface area (Å²) in [5.41, 5.74) is 5.68. The first-order chi connectivity index (χ1) is 11.1. The Hall–Kier alpha value is -2.29. The highest BCUT2D eigenvalue weighted by atomic mass is 16.5. The number of rotatable bonds is 3. The average molecular weight is 310 g/mol. The quantitative estimate of drug-likeness (QED) is 0.795. The summed E-state index contributed by atoms with van der Waals surface area (Å²) < 4.78 is 10.6. The van der Waals surface area contributed by atoms with Crippen molar-refractivity contribution in [3.8, 4) is 16.9 Å². The predicted molar refractivity (Wildman–Crippen MR) is 90.9 cm³/mol. The van der Waals surface area contributed by atoms with Gasteiger partial charge in [-0.25, -0.2) is 0 Å². The van der Waals surface area contributed by atoms with Gasteiger partial charge in [0.2, 0.25) is 0 Å². The van der Waals surface area contributed by atoms with Crippen LogP contribution in [-0.2, 0) is 16.0 Å². The van der Waals surface area contributed by atoms with E-state index in [-0.39, 0.29) is 11.9 Å². The summed E-state index contributed by atoms with van der Waals surface area (Å²) in [6, 6.07) is 12.4. The third-order valence-electron chi connectivity index (χ3n) is 4.52. The molecule has 0 radical (unpaired) electrons. The van der Waals surface area contributed by atoms with Gasteiger partial charge >= 0.3 is 5.97 Å². The van der Waals surface area contributed by atoms with Crippen LogP contribution in [0.3, 0.4) is 0 Å². The van der Waals surface area contributed by atoms with Crippen molar-refractivity contribution in [1.29, 1.82) is 0 Å². The molecule has 23 heavy (non-hydrogen) atoms. The van der Waals surface area contributed by atoms with E-state index in [1.807, 2.05) is 25.1 Å². The smallest absolute Gasteiger partial charge is 0.312 e. The number of ether oxygens (including phenoxy) is 2. The molecule has 1 aliphatic heterocycles. The zero-order chi connectivity index (χ0) is 16.4. The van der Waals surface area contributed by atoms with Crippen LogP contribution in [0.15, 0.2) is 36.4 Å². The van der Waals surface area contributed by atoms with Crippen molar-refractivity contribution < 1.29 is 14.3 Å². The van der Waals surface area contributed by atoms with E-state index in [4.69, 9.17) is 9.47 Å². The lowest BCUT2D eigenvalue weighted by Crippen LogP contribution is -2.12. The summed E-state index contributed by atoms with van der Waals surface area (Å²) in [6.45, 7) is 4.77. The van der Waals surface area contributed by atoms with E-state index in [0.717, 1.165) is 47.5 Å². The van der Waals surface area contributed by atoms with Gasteiger partial charge in [-0.3, -0.25) is 4.79 Å². The van der Waals surface area contributed by atoms with Crippen LogP contribution >= 0.6 is 0 Å². The molecule has 0 saturated heterocycles. The monoisotopic (exact) mass is 310 g/mol. The molecule has 120 valence electrons. The molecule has 0 amide bonds. The van der Waals surface area contributed by atoms with E-state index in [2.05, 4.69) is 25.1 Å². The molecule has 2 aromatic carbocycles. The molecule has 2 aromatic rings. The van der Waals surface area contributed by atoms with E-state index in [0.29, 0.717) is 0 Å². The second-order valence-electron chi connectivity index (χ2n) is 6.06. The van der Waals surface area contributed by atoms with Crippen LogP contribution in [-0.4, -0.2) is 19.7 Å². The van der Waals surface area contributed by atoms with Crippen molar-refractivity contribution in [1.82, 2.24) is 0 Å². The molecule has 0 bridgehead atoms. The SMILES string of the molecule is COC(=O)C(C)c1cccc(C)c1-c1ccc2c(c1)CCCO2. The van der Waals surface area contributed by atoms with Crippen LogP contribution in [0.1, 0.15) is 36.0 Å². The Kier molecular flexibility index (Phi) is 4.37. The minimum Gasteiger partial charge on any atom is -0.493 e. The lowest BCUT2D eigenvalue weighted by Gasteiger charge is -2.21. The fraction of sp³-hybridized carbons (Fsp3) is 0.350. The number of benzene rings is 2. The fourth-order valence-corrected chi connectivity index (χ4v) is 3.27. The van der Waals surface area contributed by atoms with Crippen molar-refractivity contribution >= 4 is 5.97 Å². The van der Waals surface area contributed by atoms with Gasteiger partial charge < -0.3 is 9.47 Å². The van der Waals surface area contributed by atoms with Gasteiger partial charge in [0.05, 0.1) is 19.6 Å². The van der Waals surface area contributed by atoms with Crippen LogP contribution in [0.5, 0.6) is 5.75 Å². The Bertz CT molecular complexity index is 734. The van der Waals surface area contributed by atoms with Crippen molar-refractivity contribution in [2.45, 2.75) is 32.6 Å². The van der Waals surface area contributed by atoms with Crippen molar-refractivity contribution in [2.75, 3.05) is 13.7 Å². The standard InChI is InChI=1S/C20H22O3/c1-13-6-4-8-17(14(2)20(21)22-3)19(13)16-9-10-18-15(12-16)7-5-11-23-18/h4,6,8-10,12,14H,5,7,11H2,1-3H3. The maximum atomic E-state index is 12.0. The lowest BCUT2D eigenvalue weighted by molar-refractivity contribution is -0.141. The van der Waals surface area contributed by atoms with Crippen LogP contribution < -0.4 is 4.74 Å². The number of hydrogen-bond acceptors (Lipinski definition) is 3. The summed E-state index contributed by atoms with van der Waals surface area (Å²) >= 11 is 0. The number of fused-ring (bicyclic) bond motifs is 1. The van der Waals surface area contributed by atoms with Gasteiger partial charge in [0.1, 0.15) is 5.75 Å². The molecular formula is C20H22O3. The normalized spacial score (nSPS) is 14.6. The number of methoxy groups -OCH3 is 1. The summed E-state index contributed by atoms with van der Waals surface area (Å²) in [5.74, 6) is 0.483. The van der Waals surface area contributed by atoms with Gasteiger partial charge in [0.25, 0.3) is 0 Å². The van der Waals surface area contributed by atoms with Gasteiger partial charge in [-0.1, -0.05) is 24.3 Å². The first kappa shape index (κ1) is 15.6. The number of carbonyl (C=O) groups is 1. The van der Waals surface area contributed by atoms with Gasteiger partial charge in [-0.15, -0.1) is 0 Å². The molecule has 0 saturated carbocycles. The lowest BCUT2D eigenvalue weighted by atomic mass is 9.87. The topological polar surface area (TPSA) is 35.5 Å². The maximum Gasteiger partial charge on any atom is 0.312 e. The highest BCUT2D eigenvalue weighted by molar-refractivity contribution is 5.83. The summed E-state index contributed by atoms with van der Waals surface area (Å²) in [5, 5.41) is 0. The molecule has 0 aromatic heterocycles. The maximum absolute atomic E-state index is 12.0. The Morgan fingerprint density at radius 3 is 2.87 bits per heavy atom. The third-order valence-corrected chi connectivity index (χ3v) is 4.52. The van der Waals surface area contributed by atoms with Gasteiger partial charge in [0, 0.05) is 0 Å². The van der Waals surface area contributed by atoms with E-state index < -0.39 is 0 Å². The number of aryl methyl sites for hydroxylation is 2. The summed E-state index contributed by atoms with van der Waals surface area (Å²) in [7, 11) is 1.44. The molecule has 1 atom stereocenters. The Morgan fingerprint density at radius 2 is 2.09 bits per heavy atom. The Morgan fingerprint density at radius 1 is 1.26 bits per heavy atom. The fourth-order valence-electron chi connectivity index (χ4n) is 3.27. The second-order valence-corrected chi connectivity index (χ2v) is 6.06. The van der Waals surface area contributed by atoms with Crippen molar-refractivity contribution in [3.63, 3.8) is 0 Å².